The van der Waals surface area contributed by atoms with Gasteiger partial charge in [-0.1, -0.05) is 25.4 Å². The quantitative estimate of drug-likeness (QED) is 0.853. The third-order valence-electron chi connectivity index (χ3n) is 2.67. The van der Waals surface area contributed by atoms with Gasteiger partial charge in [0.25, 0.3) is 0 Å². The Morgan fingerprint density at radius 1 is 1.41 bits per heavy atom. The molecular weight excluding hydrogens is 243 g/mol. The maximum atomic E-state index is 13.3. The fraction of sp³-hybridized carbons (Fsp3) is 0.417. The van der Waals surface area contributed by atoms with Crippen LogP contribution in [0.2, 0.25) is 5.02 Å². The van der Waals surface area contributed by atoms with Crippen LogP contribution < -0.4 is 10.6 Å². The number of benzene rings is 1. The van der Waals surface area contributed by atoms with Crippen molar-refractivity contribution < 1.29 is 9.18 Å². The van der Waals surface area contributed by atoms with Crippen LogP contribution in [-0.2, 0) is 4.79 Å². The van der Waals surface area contributed by atoms with E-state index in [2.05, 4.69) is 10.6 Å². The number of hydrogen-bond acceptors (Lipinski definition) is 2. The van der Waals surface area contributed by atoms with Gasteiger partial charge in [-0.3, -0.25) is 4.79 Å². The molecule has 0 saturated carbocycles. The van der Waals surface area contributed by atoms with Gasteiger partial charge in [0.15, 0.2) is 0 Å². The maximum Gasteiger partial charge on any atom is 0.246 e. The summed E-state index contributed by atoms with van der Waals surface area (Å²) in [6, 6.07) is 2.41. The van der Waals surface area contributed by atoms with Crippen LogP contribution in [-0.4, -0.2) is 11.9 Å². The number of carbonyl (C=O) groups is 1. The molecule has 0 aliphatic carbocycles. The fourth-order valence-corrected chi connectivity index (χ4v) is 2.04. The summed E-state index contributed by atoms with van der Waals surface area (Å²) < 4.78 is 13.3. The molecule has 1 aromatic carbocycles. The van der Waals surface area contributed by atoms with Crippen molar-refractivity contribution in [1.82, 2.24) is 0 Å². The zero-order valence-corrected chi connectivity index (χ0v) is 10.4. The van der Waals surface area contributed by atoms with E-state index in [-0.39, 0.29) is 17.0 Å². The second-order valence-electron chi connectivity index (χ2n) is 4.63. The molecule has 0 bridgehead atoms. The molecule has 1 aliphatic heterocycles. The van der Waals surface area contributed by atoms with Crippen LogP contribution >= 0.6 is 11.6 Å². The summed E-state index contributed by atoms with van der Waals surface area (Å²) >= 11 is 5.66. The lowest BCUT2D eigenvalue weighted by atomic mass is 10.0. The SMILES string of the molecule is CC(C)CC1Nc2cc(F)c(Cl)cc2NC1=O. The summed E-state index contributed by atoms with van der Waals surface area (Å²) in [5.41, 5.74) is 1.11. The summed E-state index contributed by atoms with van der Waals surface area (Å²) in [6.07, 6.45) is 0.704. The monoisotopic (exact) mass is 256 g/mol. The molecule has 1 amide bonds. The molecule has 1 atom stereocenters. The Balaban J connectivity index is 2.28. The second kappa shape index (κ2) is 4.53. The van der Waals surface area contributed by atoms with E-state index >= 15 is 0 Å². The first kappa shape index (κ1) is 12.2. The molecule has 1 aliphatic rings. The molecular formula is C12H14ClFN2O. The van der Waals surface area contributed by atoms with Gasteiger partial charge in [0.1, 0.15) is 11.9 Å². The summed E-state index contributed by atoms with van der Waals surface area (Å²) in [6.45, 7) is 4.07. The Bertz CT molecular complexity index is 462. The molecule has 5 heteroatoms. The number of fused-ring (bicyclic) bond motifs is 1. The largest absolute Gasteiger partial charge is 0.372 e. The molecule has 0 spiro atoms. The van der Waals surface area contributed by atoms with Crippen LogP contribution in [0.25, 0.3) is 0 Å². The fourth-order valence-electron chi connectivity index (χ4n) is 1.88. The zero-order valence-electron chi connectivity index (χ0n) is 9.68. The lowest BCUT2D eigenvalue weighted by molar-refractivity contribution is -0.117. The van der Waals surface area contributed by atoms with E-state index in [4.69, 9.17) is 11.6 Å². The van der Waals surface area contributed by atoms with Gasteiger partial charge in [0.2, 0.25) is 5.91 Å². The Kier molecular flexibility index (Phi) is 3.24. The summed E-state index contributed by atoms with van der Waals surface area (Å²) in [5, 5.41) is 5.77. The smallest absolute Gasteiger partial charge is 0.246 e. The van der Waals surface area contributed by atoms with E-state index in [0.29, 0.717) is 23.7 Å². The van der Waals surface area contributed by atoms with Crippen molar-refractivity contribution >= 4 is 28.9 Å². The van der Waals surface area contributed by atoms with E-state index in [1.807, 2.05) is 13.8 Å². The van der Waals surface area contributed by atoms with Gasteiger partial charge in [-0.15, -0.1) is 0 Å². The summed E-state index contributed by atoms with van der Waals surface area (Å²) in [7, 11) is 0. The molecule has 1 unspecified atom stereocenters. The van der Waals surface area contributed by atoms with Crippen molar-refractivity contribution in [3.8, 4) is 0 Å². The third kappa shape index (κ3) is 2.52. The van der Waals surface area contributed by atoms with Crippen LogP contribution in [0.15, 0.2) is 12.1 Å². The van der Waals surface area contributed by atoms with E-state index in [9.17, 15) is 9.18 Å². The van der Waals surface area contributed by atoms with Crippen LogP contribution in [0.1, 0.15) is 20.3 Å². The molecule has 2 N–H and O–H groups in total. The van der Waals surface area contributed by atoms with E-state index in [1.165, 1.54) is 12.1 Å². The Hall–Kier alpha value is -1.29. The number of nitrogens with one attached hydrogen (secondary N) is 2. The predicted octanol–water partition coefficient (Wildman–Crippen LogP) is 3.26. The van der Waals surface area contributed by atoms with Crippen LogP contribution in [0, 0.1) is 11.7 Å². The van der Waals surface area contributed by atoms with Crippen molar-refractivity contribution in [3.63, 3.8) is 0 Å². The lowest BCUT2D eigenvalue weighted by Gasteiger charge is -2.28. The minimum atomic E-state index is -0.489. The average Bonchev–Trinajstić information content (AvgIpc) is 2.22. The molecule has 1 aromatic rings. The summed E-state index contributed by atoms with van der Waals surface area (Å²) in [5.74, 6) is -0.205. The number of rotatable bonds is 2. The molecule has 2 rings (SSSR count). The number of hydrogen-bond donors (Lipinski definition) is 2. The minimum Gasteiger partial charge on any atom is -0.372 e. The van der Waals surface area contributed by atoms with Crippen molar-refractivity contribution in [3.05, 3.63) is 23.0 Å². The van der Waals surface area contributed by atoms with Crippen LogP contribution in [0.5, 0.6) is 0 Å². The first-order valence-electron chi connectivity index (χ1n) is 5.54. The number of amides is 1. The van der Waals surface area contributed by atoms with Gasteiger partial charge in [-0.05, 0) is 18.4 Å². The molecule has 0 radical (unpaired) electrons. The average molecular weight is 257 g/mol. The second-order valence-corrected chi connectivity index (χ2v) is 5.03. The third-order valence-corrected chi connectivity index (χ3v) is 2.96. The van der Waals surface area contributed by atoms with Gasteiger partial charge >= 0.3 is 0 Å². The molecule has 17 heavy (non-hydrogen) atoms. The van der Waals surface area contributed by atoms with Crippen molar-refractivity contribution in [1.29, 1.82) is 0 Å². The highest BCUT2D eigenvalue weighted by Gasteiger charge is 2.26. The highest BCUT2D eigenvalue weighted by molar-refractivity contribution is 6.31. The molecule has 1 heterocycles. The van der Waals surface area contributed by atoms with Crippen molar-refractivity contribution in [2.45, 2.75) is 26.3 Å². The lowest BCUT2D eigenvalue weighted by Crippen LogP contribution is -2.39. The number of halogens is 2. The van der Waals surface area contributed by atoms with E-state index < -0.39 is 5.82 Å². The molecule has 92 valence electrons. The molecule has 0 aromatic heterocycles. The maximum absolute atomic E-state index is 13.3. The number of carbonyl (C=O) groups excluding carboxylic acids is 1. The first-order valence-corrected chi connectivity index (χ1v) is 5.91. The predicted molar refractivity (Wildman–Crippen MR) is 66.9 cm³/mol. The molecule has 0 fully saturated rings. The van der Waals surface area contributed by atoms with Gasteiger partial charge in [-0.2, -0.15) is 0 Å². The molecule has 0 saturated heterocycles. The van der Waals surface area contributed by atoms with Crippen molar-refractivity contribution in [2.75, 3.05) is 10.6 Å². The van der Waals surface area contributed by atoms with Crippen LogP contribution in [0.3, 0.4) is 0 Å². The van der Waals surface area contributed by atoms with Gasteiger partial charge in [0, 0.05) is 6.07 Å². The van der Waals surface area contributed by atoms with E-state index in [1.54, 1.807) is 0 Å². The highest BCUT2D eigenvalue weighted by atomic mass is 35.5. The summed E-state index contributed by atoms with van der Waals surface area (Å²) in [4.78, 5) is 11.8. The molecule has 3 nitrogen and oxygen atoms in total. The van der Waals surface area contributed by atoms with Gasteiger partial charge in [0.05, 0.1) is 16.4 Å². The first-order chi connectivity index (χ1) is 7.97. The van der Waals surface area contributed by atoms with E-state index in [0.717, 1.165) is 0 Å². The van der Waals surface area contributed by atoms with Crippen LogP contribution in [0.4, 0.5) is 15.8 Å². The minimum absolute atomic E-state index is 0.00756. The normalized spacial score (nSPS) is 18.6. The Morgan fingerprint density at radius 2 is 2.12 bits per heavy atom. The van der Waals surface area contributed by atoms with Gasteiger partial charge in [-0.25, -0.2) is 4.39 Å². The Labute approximate surface area is 104 Å². The number of anilines is 2. The highest BCUT2D eigenvalue weighted by Crippen LogP contribution is 2.32. The zero-order chi connectivity index (χ0) is 12.6. The Morgan fingerprint density at radius 3 is 2.76 bits per heavy atom. The standard InChI is InChI=1S/C12H14ClFN2O/c1-6(2)3-11-12(17)16-9-4-7(13)8(14)5-10(9)15-11/h4-6,11,15H,3H2,1-2H3,(H,16,17). The van der Waals surface area contributed by atoms with Gasteiger partial charge < -0.3 is 10.6 Å². The van der Waals surface area contributed by atoms with Crippen molar-refractivity contribution in [2.24, 2.45) is 5.92 Å². The topological polar surface area (TPSA) is 41.1 Å².